The van der Waals surface area contributed by atoms with Gasteiger partial charge < -0.3 is 10.2 Å². The highest BCUT2D eigenvalue weighted by Gasteiger charge is 2.33. The standard InChI is InChI=1S/C17H16ClN5O3S2/c1-9-7-10(18)8-11-14(16(24)23(2)15(9)11)21-22-17(27)20-12-5-3-4-6-13(12)28(19,25)26/h3-8H,1-2H3,(H2,19,25,26)(H2,20,22,27). The molecule has 0 radical (unpaired) electrons. The molecule has 0 fully saturated rings. The molecule has 0 spiro atoms. The zero-order valence-corrected chi connectivity index (χ0v) is 17.2. The molecule has 0 saturated carbocycles. The Balaban J connectivity index is 1.86. The number of hydrogen-bond acceptors (Lipinski definition) is 5. The average molecular weight is 438 g/mol. The summed E-state index contributed by atoms with van der Waals surface area (Å²) in [5.41, 5.74) is 5.04. The molecule has 11 heteroatoms. The zero-order chi connectivity index (χ0) is 20.6. The van der Waals surface area contributed by atoms with Gasteiger partial charge in [0.25, 0.3) is 5.91 Å². The molecule has 0 saturated heterocycles. The highest BCUT2D eigenvalue weighted by Crippen LogP contribution is 2.34. The molecule has 1 aliphatic rings. The molecule has 3 rings (SSSR count). The Hall–Kier alpha value is -2.53. The second-order valence-corrected chi connectivity index (χ2v) is 8.43. The quantitative estimate of drug-likeness (QED) is 0.499. The van der Waals surface area contributed by atoms with Crippen molar-refractivity contribution in [3.05, 3.63) is 52.5 Å². The number of amides is 1. The normalized spacial score (nSPS) is 14.9. The van der Waals surface area contributed by atoms with Gasteiger partial charge in [-0.3, -0.25) is 10.2 Å². The highest BCUT2D eigenvalue weighted by molar-refractivity contribution is 7.89. The topological polar surface area (TPSA) is 117 Å². The number of thiocarbonyl (C=S) groups is 1. The van der Waals surface area contributed by atoms with E-state index >= 15 is 0 Å². The predicted molar refractivity (Wildman–Crippen MR) is 113 cm³/mol. The number of likely N-dealkylation sites (N-methyl/N-ethyl adjacent to an activating group) is 1. The van der Waals surface area contributed by atoms with Crippen LogP contribution in [0, 0.1) is 6.92 Å². The van der Waals surface area contributed by atoms with Crippen molar-refractivity contribution in [2.24, 2.45) is 10.2 Å². The third-order valence-corrected chi connectivity index (χ3v) is 5.45. The number of carbonyl (C=O) groups excluding carboxylic acids is 1. The number of anilines is 2. The SMILES string of the molecule is Cc1cc(Cl)cc2c1N(C)C(=O)C2=NNC(=S)Nc1ccccc1S(N)(=O)=O. The van der Waals surface area contributed by atoms with Gasteiger partial charge in [-0.1, -0.05) is 23.7 Å². The summed E-state index contributed by atoms with van der Waals surface area (Å²) in [7, 11) is -2.29. The summed E-state index contributed by atoms with van der Waals surface area (Å²) < 4.78 is 23.3. The van der Waals surface area contributed by atoms with Gasteiger partial charge in [-0.25, -0.2) is 13.6 Å². The van der Waals surface area contributed by atoms with Crippen molar-refractivity contribution in [2.45, 2.75) is 11.8 Å². The van der Waals surface area contributed by atoms with Crippen LogP contribution in [0.15, 0.2) is 46.4 Å². The van der Waals surface area contributed by atoms with Crippen LogP contribution in [0.1, 0.15) is 11.1 Å². The number of primary sulfonamides is 1. The van der Waals surface area contributed by atoms with Crippen molar-refractivity contribution in [3.8, 4) is 0 Å². The smallest absolute Gasteiger partial charge is 0.279 e. The van der Waals surface area contributed by atoms with Crippen LogP contribution < -0.4 is 20.8 Å². The number of sulfonamides is 1. The van der Waals surface area contributed by atoms with Crippen LogP contribution in [0.2, 0.25) is 5.02 Å². The Kier molecular flexibility index (Phi) is 5.39. The number of nitrogens with two attached hydrogens (primary N) is 1. The molecule has 4 N–H and O–H groups in total. The number of para-hydroxylation sites is 1. The molecule has 0 bridgehead atoms. The van der Waals surface area contributed by atoms with Gasteiger partial charge in [0.05, 0.1) is 11.4 Å². The monoisotopic (exact) mass is 437 g/mol. The van der Waals surface area contributed by atoms with Crippen LogP contribution in [-0.4, -0.2) is 32.2 Å². The van der Waals surface area contributed by atoms with E-state index in [0.29, 0.717) is 16.3 Å². The summed E-state index contributed by atoms with van der Waals surface area (Å²) in [6, 6.07) is 9.44. The number of nitrogens with one attached hydrogen (secondary N) is 2. The lowest BCUT2D eigenvalue weighted by atomic mass is 10.1. The van der Waals surface area contributed by atoms with Crippen LogP contribution in [0.4, 0.5) is 11.4 Å². The minimum atomic E-state index is -3.94. The molecule has 1 amide bonds. The van der Waals surface area contributed by atoms with E-state index < -0.39 is 10.0 Å². The molecule has 2 aromatic carbocycles. The number of nitrogens with zero attached hydrogens (tertiary/aromatic N) is 2. The van der Waals surface area contributed by atoms with Crippen molar-refractivity contribution in [1.29, 1.82) is 0 Å². The largest absolute Gasteiger partial charge is 0.330 e. The van der Waals surface area contributed by atoms with Gasteiger partial charge in [0.15, 0.2) is 10.8 Å². The number of aryl methyl sites for hydroxylation is 1. The average Bonchev–Trinajstić information content (AvgIpc) is 2.83. The summed E-state index contributed by atoms with van der Waals surface area (Å²) in [6.07, 6.45) is 0. The van der Waals surface area contributed by atoms with Gasteiger partial charge in [-0.15, -0.1) is 0 Å². The number of fused-ring (bicyclic) bond motifs is 1. The number of benzene rings is 2. The maximum atomic E-state index is 12.5. The maximum Gasteiger partial charge on any atom is 0.279 e. The fourth-order valence-corrected chi connectivity index (χ4v) is 4.04. The lowest BCUT2D eigenvalue weighted by Crippen LogP contribution is -2.30. The lowest BCUT2D eigenvalue weighted by Gasteiger charge is -2.12. The first-order valence-electron chi connectivity index (χ1n) is 7.94. The van der Waals surface area contributed by atoms with E-state index in [9.17, 15) is 13.2 Å². The Bertz CT molecular complexity index is 1130. The first-order valence-corrected chi connectivity index (χ1v) is 10.3. The first kappa shape index (κ1) is 20.2. The maximum absolute atomic E-state index is 12.5. The molecule has 2 aromatic rings. The number of hydrazone groups is 1. The second-order valence-electron chi connectivity index (χ2n) is 6.05. The Morgan fingerprint density at radius 1 is 1.29 bits per heavy atom. The molecular weight excluding hydrogens is 422 g/mol. The Morgan fingerprint density at radius 2 is 1.96 bits per heavy atom. The summed E-state index contributed by atoms with van der Waals surface area (Å²) in [4.78, 5) is 13.9. The van der Waals surface area contributed by atoms with Crippen LogP contribution in [0.5, 0.6) is 0 Å². The van der Waals surface area contributed by atoms with Gasteiger partial charge in [-0.05, 0) is 49.0 Å². The summed E-state index contributed by atoms with van der Waals surface area (Å²) in [5.74, 6) is -0.319. The molecule has 1 aliphatic heterocycles. The number of carbonyl (C=O) groups is 1. The molecule has 0 aromatic heterocycles. The van der Waals surface area contributed by atoms with E-state index in [4.69, 9.17) is 29.0 Å². The molecule has 0 atom stereocenters. The van der Waals surface area contributed by atoms with Crippen molar-refractivity contribution in [2.75, 3.05) is 17.3 Å². The van der Waals surface area contributed by atoms with Gasteiger partial charge in [0.1, 0.15) is 4.90 Å². The van der Waals surface area contributed by atoms with Crippen molar-refractivity contribution in [1.82, 2.24) is 5.43 Å². The van der Waals surface area contributed by atoms with E-state index in [1.165, 1.54) is 23.1 Å². The van der Waals surface area contributed by atoms with Crippen LogP contribution in [0.3, 0.4) is 0 Å². The van der Waals surface area contributed by atoms with E-state index in [0.717, 1.165) is 5.56 Å². The van der Waals surface area contributed by atoms with E-state index in [1.807, 2.05) is 6.92 Å². The third kappa shape index (κ3) is 3.85. The Morgan fingerprint density at radius 3 is 2.64 bits per heavy atom. The van der Waals surface area contributed by atoms with E-state index in [1.54, 1.807) is 25.2 Å². The summed E-state index contributed by atoms with van der Waals surface area (Å²) in [6.45, 7) is 1.85. The molecule has 0 unspecified atom stereocenters. The minimum absolute atomic E-state index is 0.00810. The zero-order valence-electron chi connectivity index (χ0n) is 14.9. The Labute approximate surface area is 172 Å². The van der Waals surface area contributed by atoms with Gasteiger partial charge in [0.2, 0.25) is 10.0 Å². The first-order chi connectivity index (χ1) is 13.1. The fourth-order valence-electron chi connectivity index (χ4n) is 2.92. The van der Waals surface area contributed by atoms with Crippen molar-refractivity contribution in [3.63, 3.8) is 0 Å². The number of rotatable bonds is 3. The van der Waals surface area contributed by atoms with Crippen molar-refractivity contribution < 1.29 is 13.2 Å². The number of hydrogen-bond donors (Lipinski definition) is 3. The van der Waals surface area contributed by atoms with Gasteiger partial charge in [-0.2, -0.15) is 5.10 Å². The highest BCUT2D eigenvalue weighted by atomic mass is 35.5. The van der Waals surface area contributed by atoms with Crippen LogP contribution >= 0.6 is 23.8 Å². The molecule has 28 heavy (non-hydrogen) atoms. The molecule has 0 aliphatic carbocycles. The summed E-state index contributed by atoms with van der Waals surface area (Å²) in [5, 5.41) is 12.5. The third-order valence-electron chi connectivity index (χ3n) is 4.07. The molecule has 8 nitrogen and oxygen atoms in total. The van der Waals surface area contributed by atoms with E-state index in [-0.39, 0.29) is 27.3 Å². The van der Waals surface area contributed by atoms with Crippen LogP contribution in [0.25, 0.3) is 0 Å². The summed E-state index contributed by atoms with van der Waals surface area (Å²) >= 11 is 11.3. The fraction of sp³-hybridized carbons (Fsp3) is 0.118. The van der Waals surface area contributed by atoms with Crippen LogP contribution in [-0.2, 0) is 14.8 Å². The van der Waals surface area contributed by atoms with Crippen molar-refractivity contribution >= 4 is 61.9 Å². The van der Waals surface area contributed by atoms with Gasteiger partial charge in [0, 0.05) is 17.6 Å². The van der Waals surface area contributed by atoms with E-state index in [2.05, 4.69) is 15.8 Å². The lowest BCUT2D eigenvalue weighted by molar-refractivity contribution is -0.112. The van der Waals surface area contributed by atoms with Gasteiger partial charge >= 0.3 is 0 Å². The molecular formula is C17H16ClN5O3S2. The molecule has 146 valence electrons. The second kappa shape index (κ2) is 7.47. The predicted octanol–water partition coefficient (Wildman–Crippen LogP) is 1.96. The number of halogens is 1. The minimum Gasteiger partial charge on any atom is -0.330 e. The molecule has 1 heterocycles.